The second kappa shape index (κ2) is 4.39. The molecule has 0 radical (unpaired) electrons. The number of carboxylic acid groups (broad SMARTS) is 2. The van der Waals surface area contributed by atoms with Crippen LogP contribution in [0.15, 0.2) is 0 Å². The zero-order valence-electron chi connectivity index (χ0n) is 3.72. The molecular weight excluding hydrogens is 135 g/mol. The van der Waals surface area contributed by atoms with Crippen molar-refractivity contribution in [1.29, 1.82) is 0 Å². The molecule has 0 aliphatic rings. The molecule has 0 unspecified atom stereocenters. The Bertz CT molecular complexity index is 87.5. The Morgan fingerprint density at radius 3 is 1.38 bits per heavy atom. The highest BCUT2D eigenvalue weighted by Crippen LogP contribution is 1.66. The van der Waals surface area contributed by atoms with Gasteiger partial charge in [0, 0.05) is 18.4 Å². The average Bonchev–Trinajstić information content (AvgIpc) is 1.27. The Morgan fingerprint density at radius 2 is 1.38 bits per heavy atom. The van der Waals surface area contributed by atoms with Crippen molar-refractivity contribution in [3.8, 4) is 0 Å². The molecule has 0 aromatic rings. The largest absolute Gasteiger partial charge is 1.00 e. The van der Waals surface area contributed by atoms with Crippen molar-refractivity contribution in [1.82, 2.24) is 0 Å². The van der Waals surface area contributed by atoms with Crippen LogP contribution in [0.1, 0.15) is 6.42 Å². The van der Waals surface area contributed by atoms with E-state index in [0.717, 1.165) is 0 Å². The second-order valence-corrected chi connectivity index (χ2v) is 0.921. The number of carbonyl (C=O) groups excluding carboxylic acids is 2. The zero-order valence-corrected chi connectivity index (χ0v) is 4.47. The Morgan fingerprint density at radius 1 is 1.12 bits per heavy atom. The molecule has 0 heterocycles. The van der Waals surface area contributed by atoms with Gasteiger partial charge in [-0.05, 0) is 0 Å². The summed E-state index contributed by atoms with van der Waals surface area (Å²) < 4.78 is 0. The van der Waals surface area contributed by atoms with Crippen LogP contribution < -0.4 is 22.6 Å². The summed E-state index contributed by atoms with van der Waals surface area (Å²) in [5, 5.41) is 18.6. The fraction of sp³-hybridized carbons (Fsp3) is 0.333. The van der Waals surface area contributed by atoms with Crippen molar-refractivity contribution in [2.45, 2.75) is 6.42 Å². The van der Waals surface area contributed by atoms with E-state index in [1.54, 1.807) is 0 Å². The van der Waals surface area contributed by atoms with Crippen LogP contribution in [-0.4, -0.2) is 11.9 Å². The van der Waals surface area contributed by atoms with Gasteiger partial charge in [-0.15, -0.1) is 0 Å². The van der Waals surface area contributed by atoms with Gasteiger partial charge in [-0.25, -0.2) is 0 Å². The van der Waals surface area contributed by atoms with Crippen LogP contribution in [0.2, 0.25) is 0 Å². The van der Waals surface area contributed by atoms with Gasteiger partial charge in [0.25, 0.3) is 0 Å². The molecule has 0 amide bonds. The zero-order chi connectivity index (χ0) is 5.86. The van der Waals surface area contributed by atoms with E-state index in [9.17, 15) is 19.8 Å². The van der Waals surface area contributed by atoms with Crippen LogP contribution in [0.3, 0.4) is 0 Å². The van der Waals surface area contributed by atoms with Gasteiger partial charge in [0.15, 0.2) is 0 Å². The highest BCUT2D eigenvalue weighted by Gasteiger charge is 1.81. The van der Waals surface area contributed by atoms with Crippen molar-refractivity contribution < 1.29 is 32.2 Å². The Balaban J connectivity index is 0. The predicted molar refractivity (Wildman–Crippen MR) is 14.6 cm³/mol. The van der Waals surface area contributed by atoms with Crippen LogP contribution in [-0.2, 0) is 9.59 Å². The Kier molecular flexibility index (Phi) is 5.63. The fourth-order valence-corrected chi connectivity index (χ4v) is 0.118. The fourth-order valence-electron chi connectivity index (χ4n) is 0.118. The highest BCUT2D eigenvalue weighted by molar-refractivity contribution is 5.86. The molecule has 5 heteroatoms. The third-order valence-electron chi connectivity index (χ3n) is 0.289. The first-order valence-corrected chi connectivity index (χ1v) is 1.52. The minimum absolute atomic E-state index is 0. The first kappa shape index (κ1) is 10.3. The van der Waals surface area contributed by atoms with Crippen LogP contribution in [0, 0.1) is 0 Å². The van der Waals surface area contributed by atoms with E-state index in [0.29, 0.717) is 0 Å². The van der Waals surface area contributed by atoms with Gasteiger partial charge in [-0.2, -0.15) is 0 Å². The van der Waals surface area contributed by atoms with Crippen molar-refractivity contribution in [2.75, 3.05) is 0 Å². The molecule has 8 heavy (non-hydrogen) atoms. The topological polar surface area (TPSA) is 80.3 Å². The van der Waals surface area contributed by atoms with E-state index < -0.39 is 18.4 Å². The van der Waals surface area contributed by atoms with Gasteiger partial charge in [0.2, 0.25) is 0 Å². The quantitative estimate of drug-likeness (QED) is 0.355. The summed E-state index contributed by atoms with van der Waals surface area (Å²) in [5.74, 6) is -3.25. The molecule has 0 atom stereocenters. The van der Waals surface area contributed by atoms with E-state index in [-0.39, 0.29) is 12.4 Å². The standard InChI is InChI=1S/C3H4O4.ClH/c4-2(5)1-3(6)7;/h1H2,(H,4,5)(H,6,7);1H/p-3. The Labute approximate surface area is 51.5 Å². The summed E-state index contributed by atoms with van der Waals surface area (Å²) in [6.07, 6.45) is -1.03. The third kappa shape index (κ3) is 8.97. The molecule has 0 fully saturated rings. The second-order valence-electron chi connectivity index (χ2n) is 0.921. The molecule has 0 aromatic carbocycles. The lowest BCUT2D eigenvalue weighted by atomic mass is 10.5. The van der Waals surface area contributed by atoms with Crippen molar-refractivity contribution in [3.63, 3.8) is 0 Å². The first-order valence-electron chi connectivity index (χ1n) is 1.52. The lowest BCUT2D eigenvalue weighted by Gasteiger charge is -1.99. The molecule has 0 aromatic heterocycles. The van der Waals surface area contributed by atoms with Crippen LogP contribution >= 0.6 is 0 Å². The molecule has 0 spiro atoms. The van der Waals surface area contributed by atoms with Crippen LogP contribution in [0.4, 0.5) is 0 Å². The summed E-state index contributed by atoms with van der Waals surface area (Å²) in [6.45, 7) is 0. The molecule has 0 saturated carbocycles. The van der Waals surface area contributed by atoms with Gasteiger partial charge in [0.1, 0.15) is 0 Å². The van der Waals surface area contributed by atoms with Gasteiger partial charge >= 0.3 is 0 Å². The maximum atomic E-state index is 9.28. The third-order valence-corrected chi connectivity index (χ3v) is 0.289. The predicted octanol–water partition coefficient (Wildman–Crippen LogP) is -6.12. The van der Waals surface area contributed by atoms with E-state index in [2.05, 4.69) is 0 Å². The summed E-state index contributed by atoms with van der Waals surface area (Å²) in [5.41, 5.74) is 0. The summed E-state index contributed by atoms with van der Waals surface area (Å²) in [7, 11) is 0. The number of carboxylic acids is 2. The SMILES string of the molecule is O=C([O-])CC(=O)[O-].[Cl-]. The van der Waals surface area contributed by atoms with Crippen molar-refractivity contribution >= 4 is 11.9 Å². The van der Waals surface area contributed by atoms with Gasteiger partial charge in [-0.3, -0.25) is 0 Å². The van der Waals surface area contributed by atoms with E-state index in [1.807, 2.05) is 0 Å². The van der Waals surface area contributed by atoms with Gasteiger partial charge in [0.05, 0.1) is 0 Å². The summed E-state index contributed by atoms with van der Waals surface area (Å²) in [4.78, 5) is 18.6. The molecule has 4 nitrogen and oxygen atoms in total. The van der Waals surface area contributed by atoms with Crippen LogP contribution in [0.25, 0.3) is 0 Å². The van der Waals surface area contributed by atoms with Crippen molar-refractivity contribution in [2.24, 2.45) is 0 Å². The smallest absolute Gasteiger partial charge is 0.0470 e. The molecule has 48 valence electrons. The highest BCUT2D eigenvalue weighted by atomic mass is 35.5. The number of halogens is 1. The van der Waals surface area contributed by atoms with E-state index in [1.165, 1.54) is 0 Å². The minimum Gasteiger partial charge on any atom is -1.00 e. The van der Waals surface area contributed by atoms with E-state index in [4.69, 9.17) is 0 Å². The van der Waals surface area contributed by atoms with Gasteiger partial charge in [-0.1, -0.05) is 0 Å². The molecule has 0 bridgehead atoms. The normalized spacial score (nSPS) is 7.00. The molecular formula is C3H2ClO4-3. The molecule has 0 rings (SSSR count). The molecule has 0 N–H and O–H groups in total. The number of carbonyl (C=O) groups is 2. The lowest BCUT2D eigenvalue weighted by molar-refractivity contribution is -0.322. The Hall–Kier alpha value is -0.770. The maximum absolute atomic E-state index is 9.28. The maximum Gasteiger partial charge on any atom is 0.0470 e. The van der Waals surface area contributed by atoms with Crippen molar-refractivity contribution in [3.05, 3.63) is 0 Å². The monoisotopic (exact) mass is 137 g/mol. The first-order chi connectivity index (χ1) is 3.13. The summed E-state index contributed by atoms with van der Waals surface area (Å²) in [6, 6.07) is 0. The number of rotatable bonds is 2. The molecule has 0 aliphatic carbocycles. The minimum atomic E-state index is -1.63. The number of hydrogen-bond acceptors (Lipinski definition) is 4. The van der Waals surface area contributed by atoms with E-state index >= 15 is 0 Å². The molecule has 0 aliphatic heterocycles. The number of aliphatic carboxylic acids is 2. The number of hydrogen-bond donors (Lipinski definition) is 0. The summed E-state index contributed by atoms with van der Waals surface area (Å²) >= 11 is 0. The lowest BCUT2D eigenvalue weighted by Crippen LogP contribution is -3.00. The average molecular weight is 137 g/mol. The van der Waals surface area contributed by atoms with Gasteiger partial charge < -0.3 is 32.2 Å². The molecule has 0 saturated heterocycles. The van der Waals surface area contributed by atoms with Crippen LogP contribution in [0.5, 0.6) is 0 Å².